The summed E-state index contributed by atoms with van der Waals surface area (Å²) in [6, 6.07) is 9.54. The Morgan fingerprint density at radius 1 is 1.33 bits per heavy atom. The van der Waals surface area contributed by atoms with Crippen LogP contribution in [0.25, 0.3) is 0 Å². The van der Waals surface area contributed by atoms with Gasteiger partial charge in [0.05, 0.1) is 12.5 Å². The average molecular weight is 250 g/mol. The molecule has 0 saturated heterocycles. The number of nitrogens with one attached hydrogen (secondary N) is 1. The van der Waals surface area contributed by atoms with E-state index in [9.17, 15) is 9.59 Å². The highest BCUT2D eigenvalue weighted by Gasteiger charge is 2.20. The summed E-state index contributed by atoms with van der Waals surface area (Å²) in [5.41, 5.74) is 6.10. The summed E-state index contributed by atoms with van der Waals surface area (Å²) in [7, 11) is 1.48. The molecule has 5 heteroatoms. The zero-order chi connectivity index (χ0) is 13.4. The summed E-state index contributed by atoms with van der Waals surface area (Å²) in [5, 5.41) is 2.76. The lowest BCUT2D eigenvalue weighted by molar-refractivity contribution is -0.131. The quantitative estimate of drug-likeness (QED) is 0.736. The number of ether oxygens (including phenoxy) is 1. The molecular formula is C13H18N2O3. The largest absolute Gasteiger partial charge is 0.384 e. The first kappa shape index (κ1) is 14.2. The van der Waals surface area contributed by atoms with Gasteiger partial charge in [0.25, 0.3) is 0 Å². The van der Waals surface area contributed by atoms with Gasteiger partial charge in [-0.2, -0.15) is 0 Å². The van der Waals surface area contributed by atoms with Gasteiger partial charge in [0.15, 0.2) is 0 Å². The fourth-order valence-corrected chi connectivity index (χ4v) is 1.60. The third-order valence-electron chi connectivity index (χ3n) is 2.50. The number of rotatable bonds is 7. The van der Waals surface area contributed by atoms with Crippen LogP contribution in [0.15, 0.2) is 30.3 Å². The Bertz CT molecular complexity index is 392. The lowest BCUT2D eigenvalue weighted by atomic mass is 10.1. The standard InChI is InChI=1S/C13H18N2O3/c1-18-9-11(7-12(14)16)13(17)15-8-10-5-3-2-4-6-10/h2-6,11H,7-9H2,1H3,(H2,14,16)(H,15,17). The van der Waals surface area contributed by atoms with E-state index in [0.29, 0.717) is 6.54 Å². The van der Waals surface area contributed by atoms with Gasteiger partial charge in [0, 0.05) is 20.1 Å². The molecule has 0 aliphatic rings. The molecule has 1 unspecified atom stereocenters. The summed E-state index contributed by atoms with van der Waals surface area (Å²) in [6.07, 6.45) is -0.00549. The Morgan fingerprint density at radius 3 is 2.56 bits per heavy atom. The van der Waals surface area contributed by atoms with Crippen molar-refractivity contribution in [2.75, 3.05) is 13.7 Å². The number of amides is 2. The SMILES string of the molecule is COCC(CC(N)=O)C(=O)NCc1ccccc1. The molecule has 0 spiro atoms. The van der Waals surface area contributed by atoms with Crippen molar-refractivity contribution in [1.29, 1.82) is 0 Å². The third kappa shape index (κ3) is 4.97. The van der Waals surface area contributed by atoms with Gasteiger partial charge in [-0.05, 0) is 5.56 Å². The van der Waals surface area contributed by atoms with Crippen LogP contribution < -0.4 is 11.1 Å². The van der Waals surface area contributed by atoms with Crippen LogP contribution in [0.1, 0.15) is 12.0 Å². The smallest absolute Gasteiger partial charge is 0.226 e. The van der Waals surface area contributed by atoms with Crippen LogP contribution >= 0.6 is 0 Å². The summed E-state index contributed by atoms with van der Waals surface area (Å²) in [4.78, 5) is 22.7. The number of primary amides is 1. The van der Waals surface area contributed by atoms with E-state index in [2.05, 4.69) is 5.32 Å². The lowest BCUT2D eigenvalue weighted by Gasteiger charge is -2.14. The van der Waals surface area contributed by atoms with Crippen LogP contribution in [-0.4, -0.2) is 25.5 Å². The van der Waals surface area contributed by atoms with Gasteiger partial charge in [-0.1, -0.05) is 30.3 Å². The molecule has 0 fully saturated rings. The molecule has 1 atom stereocenters. The van der Waals surface area contributed by atoms with Crippen molar-refractivity contribution in [3.63, 3.8) is 0 Å². The fourth-order valence-electron chi connectivity index (χ4n) is 1.60. The third-order valence-corrected chi connectivity index (χ3v) is 2.50. The van der Waals surface area contributed by atoms with E-state index in [1.54, 1.807) is 0 Å². The van der Waals surface area contributed by atoms with Gasteiger partial charge >= 0.3 is 0 Å². The van der Waals surface area contributed by atoms with Crippen LogP contribution in [0.4, 0.5) is 0 Å². The van der Waals surface area contributed by atoms with Gasteiger partial charge in [-0.15, -0.1) is 0 Å². The van der Waals surface area contributed by atoms with Crippen LogP contribution in [-0.2, 0) is 20.9 Å². The molecule has 0 aliphatic carbocycles. The van der Waals surface area contributed by atoms with Gasteiger partial charge in [-0.25, -0.2) is 0 Å². The summed E-state index contributed by atoms with van der Waals surface area (Å²) in [5.74, 6) is -1.26. The second-order valence-electron chi connectivity index (χ2n) is 4.03. The molecule has 2 amide bonds. The van der Waals surface area contributed by atoms with Crippen molar-refractivity contribution in [3.8, 4) is 0 Å². The normalized spacial score (nSPS) is 11.8. The second kappa shape index (κ2) is 7.45. The minimum atomic E-state index is -0.531. The molecule has 1 aromatic rings. The molecule has 0 aliphatic heterocycles. The zero-order valence-electron chi connectivity index (χ0n) is 10.4. The first-order valence-corrected chi connectivity index (χ1v) is 5.72. The van der Waals surface area contributed by atoms with Crippen LogP contribution in [0.3, 0.4) is 0 Å². The Morgan fingerprint density at radius 2 is 2.00 bits per heavy atom. The molecule has 1 aromatic carbocycles. The molecular weight excluding hydrogens is 232 g/mol. The van der Waals surface area contributed by atoms with Crippen LogP contribution in [0, 0.1) is 5.92 Å². The highest BCUT2D eigenvalue weighted by molar-refractivity contribution is 5.85. The maximum atomic E-state index is 11.8. The van der Waals surface area contributed by atoms with Gasteiger partial charge in [-0.3, -0.25) is 9.59 Å². The molecule has 0 bridgehead atoms. The topological polar surface area (TPSA) is 81.4 Å². The number of methoxy groups -OCH3 is 1. The second-order valence-corrected chi connectivity index (χ2v) is 4.03. The summed E-state index contributed by atoms with van der Waals surface area (Å²) < 4.78 is 4.91. The number of carbonyl (C=O) groups is 2. The van der Waals surface area contributed by atoms with E-state index in [-0.39, 0.29) is 18.9 Å². The highest BCUT2D eigenvalue weighted by atomic mass is 16.5. The van der Waals surface area contributed by atoms with Crippen molar-refractivity contribution in [1.82, 2.24) is 5.32 Å². The van der Waals surface area contributed by atoms with E-state index in [1.807, 2.05) is 30.3 Å². The molecule has 0 radical (unpaired) electrons. The number of hydrogen-bond donors (Lipinski definition) is 2. The number of hydrogen-bond acceptors (Lipinski definition) is 3. The van der Waals surface area contributed by atoms with E-state index >= 15 is 0 Å². The molecule has 5 nitrogen and oxygen atoms in total. The molecule has 0 aromatic heterocycles. The Kier molecular flexibility index (Phi) is 5.87. The van der Waals surface area contributed by atoms with E-state index in [4.69, 9.17) is 10.5 Å². The first-order chi connectivity index (χ1) is 8.63. The van der Waals surface area contributed by atoms with Crippen molar-refractivity contribution >= 4 is 11.8 Å². The van der Waals surface area contributed by atoms with Crippen molar-refractivity contribution in [2.24, 2.45) is 11.7 Å². The predicted molar refractivity (Wildman–Crippen MR) is 67.5 cm³/mol. The monoisotopic (exact) mass is 250 g/mol. The van der Waals surface area contributed by atoms with Gasteiger partial charge in [0.1, 0.15) is 0 Å². The molecule has 18 heavy (non-hydrogen) atoms. The number of benzene rings is 1. The van der Waals surface area contributed by atoms with Gasteiger partial charge < -0.3 is 15.8 Å². The lowest BCUT2D eigenvalue weighted by Crippen LogP contribution is -2.35. The Balaban J connectivity index is 2.48. The molecule has 3 N–H and O–H groups in total. The first-order valence-electron chi connectivity index (χ1n) is 5.72. The maximum absolute atomic E-state index is 11.8. The summed E-state index contributed by atoms with van der Waals surface area (Å²) in [6.45, 7) is 0.613. The number of nitrogens with two attached hydrogens (primary N) is 1. The molecule has 0 heterocycles. The van der Waals surface area contributed by atoms with Gasteiger partial charge in [0.2, 0.25) is 11.8 Å². The maximum Gasteiger partial charge on any atom is 0.226 e. The van der Waals surface area contributed by atoms with E-state index in [0.717, 1.165) is 5.56 Å². The van der Waals surface area contributed by atoms with Crippen molar-refractivity contribution in [2.45, 2.75) is 13.0 Å². The van der Waals surface area contributed by atoms with Crippen LogP contribution in [0.2, 0.25) is 0 Å². The Labute approximate surface area is 106 Å². The van der Waals surface area contributed by atoms with Crippen molar-refractivity contribution in [3.05, 3.63) is 35.9 Å². The van der Waals surface area contributed by atoms with E-state index in [1.165, 1.54) is 7.11 Å². The van der Waals surface area contributed by atoms with Crippen molar-refractivity contribution < 1.29 is 14.3 Å². The molecule has 1 rings (SSSR count). The summed E-state index contributed by atoms with van der Waals surface area (Å²) >= 11 is 0. The highest BCUT2D eigenvalue weighted by Crippen LogP contribution is 2.05. The fraction of sp³-hybridized carbons (Fsp3) is 0.385. The predicted octanol–water partition coefficient (Wildman–Crippen LogP) is 0.441. The molecule has 98 valence electrons. The Hall–Kier alpha value is -1.88. The average Bonchev–Trinajstić information content (AvgIpc) is 2.36. The van der Waals surface area contributed by atoms with Crippen LogP contribution in [0.5, 0.6) is 0 Å². The molecule has 0 saturated carbocycles. The number of carbonyl (C=O) groups excluding carboxylic acids is 2. The van der Waals surface area contributed by atoms with E-state index < -0.39 is 11.8 Å². The minimum Gasteiger partial charge on any atom is -0.384 e. The zero-order valence-corrected chi connectivity index (χ0v) is 10.4. The minimum absolute atomic E-state index is 0.00549.